The summed E-state index contributed by atoms with van der Waals surface area (Å²) in [5.41, 5.74) is 1.23. The van der Waals surface area contributed by atoms with Crippen LogP contribution in [0.5, 0.6) is 5.75 Å². The van der Waals surface area contributed by atoms with Crippen molar-refractivity contribution in [3.8, 4) is 23.2 Å². The molecule has 31 heavy (non-hydrogen) atoms. The highest BCUT2D eigenvalue weighted by molar-refractivity contribution is 6.04. The van der Waals surface area contributed by atoms with Gasteiger partial charge in [0.15, 0.2) is 5.76 Å². The number of ether oxygens (including phenoxy) is 1. The van der Waals surface area contributed by atoms with Crippen molar-refractivity contribution in [2.24, 2.45) is 0 Å². The van der Waals surface area contributed by atoms with Crippen molar-refractivity contribution in [3.05, 3.63) is 76.4 Å². The molecule has 0 aliphatic rings. The number of H-pyrrole nitrogens is 1. The summed E-state index contributed by atoms with van der Waals surface area (Å²) in [5, 5.41) is 7.31. The number of amides is 1. The fourth-order valence-corrected chi connectivity index (χ4v) is 3.01. The number of hydrogen-bond donors (Lipinski definition) is 2. The van der Waals surface area contributed by atoms with Gasteiger partial charge in [-0.15, -0.1) is 0 Å². The summed E-state index contributed by atoms with van der Waals surface area (Å²) in [6.45, 7) is 4.34. The van der Waals surface area contributed by atoms with Gasteiger partial charge in [0.25, 0.3) is 11.5 Å². The first-order valence-corrected chi connectivity index (χ1v) is 9.86. The number of nitrogens with one attached hydrogen (secondary N) is 2. The van der Waals surface area contributed by atoms with E-state index >= 15 is 0 Å². The van der Waals surface area contributed by atoms with E-state index in [4.69, 9.17) is 9.15 Å². The molecule has 1 aromatic carbocycles. The van der Waals surface area contributed by atoms with Crippen LogP contribution in [0.4, 0.5) is 5.82 Å². The predicted molar refractivity (Wildman–Crippen MR) is 115 cm³/mol. The van der Waals surface area contributed by atoms with Gasteiger partial charge in [0.05, 0.1) is 12.9 Å². The number of aromatic nitrogens is 4. The highest BCUT2D eigenvalue weighted by atomic mass is 16.5. The van der Waals surface area contributed by atoms with E-state index in [2.05, 4.69) is 20.4 Å². The lowest BCUT2D eigenvalue weighted by Crippen LogP contribution is -2.19. The van der Waals surface area contributed by atoms with Crippen molar-refractivity contribution in [2.75, 3.05) is 11.9 Å². The first-order valence-electron chi connectivity index (χ1n) is 9.86. The second-order valence-corrected chi connectivity index (χ2v) is 6.63. The third-order valence-electron chi connectivity index (χ3n) is 4.50. The van der Waals surface area contributed by atoms with Gasteiger partial charge in [-0.1, -0.05) is 6.92 Å². The van der Waals surface area contributed by atoms with Crippen LogP contribution in [0, 0.1) is 0 Å². The van der Waals surface area contributed by atoms with Crippen molar-refractivity contribution in [2.45, 2.75) is 20.3 Å². The molecule has 0 spiro atoms. The summed E-state index contributed by atoms with van der Waals surface area (Å²) < 4.78 is 12.2. The molecule has 3 aromatic heterocycles. The average molecular weight is 419 g/mol. The van der Waals surface area contributed by atoms with Crippen LogP contribution < -0.4 is 15.6 Å². The Kier molecular flexibility index (Phi) is 5.65. The number of anilines is 1. The van der Waals surface area contributed by atoms with Crippen LogP contribution in [0.2, 0.25) is 0 Å². The zero-order valence-electron chi connectivity index (χ0n) is 17.1. The molecule has 0 saturated carbocycles. The molecule has 0 aliphatic carbocycles. The summed E-state index contributed by atoms with van der Waals surface area (Å²) in [7, 11) is 0. The smallest absolute Gasteiger partial charge is 0.256 e. The first kappa shape index (κ1) is 20.1. The van der Waals surface area contributed by atoms with Crippen LogP contribution in [0.3, 0.4) is 0 Å². The second kappa shape index (κ2) is 8.70. The lowest BCUT2D eigenvalue weighted by molar-refractivity contribution is 0.102. The molecule has 4 rings (SSSR count). The minimum absolute atomic E-state index is 0.198. The first-order chi connectivity index (χ1) is 15.1. The topological polar surface area (TPSA) is 115 Å². The highest BCUT2D eigenvalue weighted by Gasteiger charge is 2.18. The molecule has 0 unspecified atom stereocenters. The maximum atomic E-state index is 12.8. The van der Waals surface area contributed by atoms with Crippen LogP contribution in [0.1, 0.15) is 29.9 Å². The Labute approximate surface area is 177 Å². The Balaban J connectivity index is 1.71. The Morgan fingerprint density at radius 1 is 1.19 bits per heavy atom. The van der Waals surface area contributed by atoms with E-state index in [9.17, 15) is 9.59 Å². The molecule has 3 heterocycles. The minimum Gasteiger partial charge on any atom is -0.494 e. The number of furan rings is 1. The van der Waals surface area contributed by atoms with Gasteiger partial charge in [-0.2, -0.15) is 9.78 Å². The van der Waals surface area contributed by atoms with Crippen molar-refractivity contribution < 1.29 is 13.9 Å². The molecular formula is C22H21N5O4. The van der Waals surface area contributed by atoms with E-state index in [1.165, 1.54) is 17.0 Å². The molecular weight excluding hydrogens is 398 g/mol. The number of carbonyl (C=O) groups excluding carboxylic acids is 1. The standard InChI is InChI=1S/C22H21N5O4/c1-3-15-12-20(28)25-22(23-15)27-19(13-17(26-27)18-6-5-11-31-18)24-21(29)14-7-9-16(10-8-14)30-4-2/h5-13H,3-4H2,1-2H3,(H,24,29)(H,23,25,28). The molecule has 4 aromatic rings. The zero-order chi connectivity index (χ0) is 21.8. The monoisotopic (exact) mass is 419 g/mol. The van der Waals surface area contributed by atoms with Gasteiger partial charge in [-0.25, -0.2) is 4.98 Å². The third-order valence-corrected chi connectivity index (χ3v) is 4.50. The van der Waals surface area contributed by atoms with E-state index in [0.29, 0.717) is 47.3 Å². The highest BCUT2D eigenvalue weighted by Crippen LogP contribution is 2.24. The molecule has 0 aliphatic heterocycles. The van der Waals surface area contributed by atoms with Gasteiger partial charge in [0.1, 0.15) is 17.3 Å². The number of aromatic amines is 1. The maximum absolute atomic E-state index is 12.8. The Morgan fingerprint density at radius 3 is 2.68 bits per heavy atom. The number of benzene rings is 1. The fourth-order valence-electron chi connectivity index (χ4n) is 3.01. The Morgan fingerprint density at radius 2 is 2.00 bits per heavy atom. The van der Waals surface area contributed by atoms with E-state index in [1.54, 1.807) is 42.5 Å². The van der Waals surface area contributed by atoms with Crippen molar-refractivity contribution in [1.29, 1.82) is 0 Å². The van der Waals surface area contributed by atoms with Crippen molar-refractivity contribution >= 4 is 11.7 Å². The largest absolute Gasteiger partial charge is 0.494 e. The molecule has 158 valence electrons. The van der Waals surface area contributed by atoms with Gasteiger partial charge in [-0.05, 0) is 49.7 Å². The van der Waals surface area contributed by atoms with Crippen molar-refractivity contribution in [1.82, 2.24) is 19.7 Å². The molecule has 0 atom stereocenters. The van der Waals surface area contributed by atoms with E-state index in [0.717, 1.165) is 0 Å². The van der Waals surface area contributed by atoms with E-state index in [-0.39, 0.29) is 17.4 Å². The molecule has 0 fully saturated rings. The lowest BCUT2D eigenvalue weighted by Gasteiger charge is -2.09. The minimum atomic E-state index is -0.343. The number of aryl methyl sites for hydroxylation is 1. The summed E-state index contributed by atoms with van der Waals surface area (Å²) >= 11 is 0. The molecule has 9 nitrogen and oxygen atoms in total. The van der Waals surface area contributed by atoms with Crippen LogP contribution in [0.25, 0.3) is 17.4 Å². The zero-order valence-corrected chi connectivity index (χ0v) is 17.1. The summed E-state index contributed by atoms with van der Waals surface area (Å²) in [6, 6.07) is 13.4. The van der Waals surface area contributed by atoms with Crippen molar-refractivity contribution in [3.63, 3.8) is 0 Å². The van der Waals surface area contributed by atoms with Gasteiger partial charge in [0, 0.05) is 23.4 Å². The molecule has 1 amide bonds. The van der Waals surface area contributed by atoms with E-state index in [1.807, 2.05) is 13.8 Å². The molecule has 0 saturated heterocycles. The normalized spacial score (nSPS) is 10.8. The molecule has 9 heteroatoms. The molecule has 2 N–H and O–H groups in total. The quantitative estimate of drug-likeness (QED) is 0.474. The predicted octanol–water partition coefficient (Wildman–Crippen LogP) is 3.43. The van der Waals surface area contributed by atoms with Gasteiger partial charge < -0.3 is 14.5 Å². The van der Waals surface area contributed by atoms with Gasteiger partial charge in [0.2, 0.25) is 5.95 Å². The number of hydrogen-bond acceptors (Lipinski definition) is 6. The third kappa shape index (κ3) is 4.40. The van der Waals surface area contributed by atoms with Crippen LogP contribution in [0.15, 0.2) is 64.0 Å². The van der Waals surface area contributed by atoms with Gasteiger partial charge >= 0.3 is 0 Å². The number of nitrogens with zero attached hydrogens (tertiary/aromatic N) is 3. The Hall–Kier alpha value is -4.14. The maximum Gasteiger partial charge on any atom is 0.256 e. The number of rotatable bonds is 7. The lowest BCUT2D eigenvalue weighted by atomic mass is 10.2. The second-order valence-electron chi connectivity index (χ2n) is 6.63. The fraction of sp³-hybridized carbons (Fsp3) is 0.182. The summed E-state index contributed by atoms with van der Waals surface area (Å²) in [5.74, 6) is 1.39. The average Bonchev–Trinajstić information content (AvgIpc) is 3.44. The number of carbonyl (C=O) groups is 1. The van der Waals surface area contributed by atoms with Crippen LogP contribution in [-0.2, 0) is 6.42 Å². The van der Waals surface area contributed by atoms with Crippen LogP contribution >= 0.6 is 0 Å². The SMILES string of the molecule is CCOc1ccc(C(=O)Nc2cc(-c3ccco3)nn2-c2nc(CC)cc(=O)[nH]2)cc1. The molecule has 0 bridgehead atoms. The summed E-state index contributed by atoms with van der Waals surface area (Å²) in [4.78, 5) is 32.0. The van der Waals surface area contributed by atoms with E-state index < -0.39 is 0 Å². The summed E-state index contributed by atoms with van der Waals surface area (Å²) in [6.07, 6.45) is 2.11. The Bertz CT molecular complexity index is 1240. The molecule has 0 radical (unpaired) electrons. The van der Waals surface area contributed by atoms with Crippen LogP contribution in [-0.4, -0.2) is 32.3 Å². The van der Waals surface area contributed by atoms with Gasteiger partial charge in [-0.3, -0.25) is 14.6 Å².